The number of hydrogen-bond acceptors (Lipinski definition) is 4. The van der Waals surface area contributed by atoms with Gasteiger partial charge in [-0.05, 0) is 30.7 Å². The fraction of sp³-hybridized carbons (Fsp3) is 0.167. The Kier molecular flexibility index (Phi) is 2.22. The molecule has 0 bridgehead atoms. The van der Waals surface area contributed by atoms with E-state index in [9.17, 15) is 4.79 Å². The molecule has 0 aliphatic carbocycles. The molecule has 6 heteroatoms. The smallest absolute Gasteiger partial charge is 0.353 e. The number of fused-ring (bicyclic) bond motifs is 1. The summed E-state index contributed by atoms with van der Waals surface area (Å²) in [5.74, 6) is 0.351. The number of carboxylic acid groups (broad SMARTS) is 1. The second kappa shape index (κ2) is 3.76. The van der Waals surface area contributed by atoms with Gasteiger partial charge in [-0.25, -0.2) is 4.79 Å². The average molecular weight is 246 g/mol. The lowest BCUT2D eigenvalue weighted by Gasteiger charge is -2.03. The number of nitrogens with one attached hydrogen (secondary N) is 1. The van der Waals surface area contributed by atoms with Crippen molar-refractivity contribution < 1.29 is 19.4 Å². The molecule has 6 nitrogen and oxygen atoms in total. The fourth-order valence-electron chi connectivity index (χ4n) is 1.91. The van der Waals surface area contributed by atoms with Crippen LogP contribution in [0.4, 0.5) is 0 Å². The number of aromatic amines is 1. The number of aromatic nitrogens is 2. The molecule has 2 N–H and O–H groups in total. The molecule has 1 aliphatic heterocycles. The standard InChI is InChI=1S/C12H10N2O4/c1-6-2-7(3-10-11(6)18-5-17-10)8-4-9(12(15)16)14-13-8/h2-4H,5H2,1H3,(H,13,14)(H,15,16). The summed E-state index contributed by atoms with van der Waals surface area (Å²) in [6.07, 6.45) is 0. The highest BCUT2D eigenvalue weighted by molar-refractivity contribution is 5.87. The first-order valence-electron chi connectivity index (χ1n) is 5.34. The molecule has 0 saturated heterocycles. The minimum atomic E-state index is -1.04. The zero-order valence-electron chi connectivity index (χ0n) is 9.56. The van der Waals surface area contributed by atoms with E-state index in [1.807, 2.05) is 13.0 Å². The zero-order chi connectivity index (χ0) is 12.7. The maximum Gasteiger partial charge on any atom is 0.353 e. The average Bonchev–Trinajstić information content (AvgIpc) is 2.97. The number of H-pyrrole nitrogens is 1. The minimum Gasteiger partial charge on any atom is -0.477 e. The number of ether oxygens (including phenoxy) is 2. The summed E-state index contributed by atoms with van der Waals surface area (Å²) in [4.78, 5) is 10.8. The Bertz CT molecular complexity index is 633. The van der Waals surface area contributed by atoms with Crippen LogP contribution in [-0.4, -0.2) is 28.1 Å². The second-order valence-corrected chi connectivity index (χ2v) is 4.00. The Balaban J connectivity index is 2.06. The van der Waals surface area contributed by atoms with Gasteiger partial charge in [0.15, 0.2) is 11.5 Å². The molecule has 18 heavy (non-hydrogen) atoms. The van der Waals surface area contributed by atoms with Crippen LogP contribution in [0.2, 0.25) is 0 Å². The Morgan fingerprint density at radius 3 is 2.94 bits per heavy atom. The molecule has 0 fully saturated rings. The van der Waals surface area contributed by atoms with Gasteiger partial charge in [0, 0.05) is 5.56 Å². The molecular formula is C12H10N2O4. The van der Waals surface area contributed by atoms with Crippen LogP contribution in [0.25, 0.3) is 11.3 Å². The molecule has 0 atom stereocenters. The van der Waals surface area contributed by atoms with Gasteiger partial charge in [-0.1, -0.05) is 0 Å². The number of carbonyl (C=O) groups is 1. The van der Waals surface area contributed by atoms with Crippen LogP contribution in [0, 0.1) is 6.92 Å². The fourth-order valence-corrected chi connectivity index (χ4v) is 1.91. The lowest BCUT2D eigenvalue weighted by atomic mass is 10.1. The molecule has 1 aliphatic rings. The predicted molar refractivity (Wildman–Crippen MR) is 61.8 cm³/mol. The first-order chi connectivity index (χ1) is 8.65. The first kappa shape index (κ1) is 10.6. The number of nitrogens with zero attached hydrogens (tertiary/aromatic N) is 1. The van der Waals surface area contributed by atoms with Gasteiger partial charge in [0.05, 0.1) is 5.69 Å². The van der Waals surface area contributed by atoms with Crippen LogP contribution in [0.1, 0.15) is 16.1 Å². The van der Waals surface area contributed by atoms with Crippen molar-refractivity contribution in [3.63, 3.8) is 0 Å². The third kappa shape index (κ3) is 1.58. The van der Waals surface area contributed by atoms with Crippen molar-refractivity contribution in [2.24, 2.45) is 0 Å². The van der Waals surface area contributed by atoms with Crippen LogP contribution in [-0.2, 0) is 0 Å². The SMILES string of the molecule is Cc1cc(-c2cc(C(=O)O)[nH]n2)cc2c1OCO2. The van der Waals surface area contributed by atoms with Crippen molar-refractivity contribution in [1.29, 1.82) is 0 Å². The summed E-state index contributed by atoms with van der Waals surface area (Å²) >= 11 is 0. The quantitative estimate of drug-likeness (QED) is 0.844. The first-order valence-corrected chi connectivity index (χ1v) is 5.34. The summed E-state index contributed by atoms with van der Waals surface area (Å²) in [6.45, 7) is 2.11. The monoisotopic (exact) mass is 246 g/mol. The number of benzene rings is 1. The van der Waals surface area contributed by atoms with E-state index < -0.39 is 5.97 Å². The number of hydrogen-bond donors (Lipinski definition) is 2. The number of rotatable bonds is 2. The van der Waals surface area contributed by atoms with Crippen molar-refractivity contribution in [2.75, 3.05) is 6.79 Å². The van der Waals surface area contributed by atoms with Crippen LogP contribution < -0.4 is 9.47 Å². The number of aromatic carboxylic acids is 1. The Morgan fingerprint density at radius 2 is 2.22 bits per heavy atom. The van der Waals surface area contributed by atoms with Crippen molar-refractivity contribution in [1.82, 2.24) is 10.2 Å². The summed E-state index contributed by atoms with van der Waals surface area (Å²) in [5.41, 5.74) is 2.34. The lowest BCUT2D eigenvalue weighted by molar-refractivity contribution is 0.0690. The molecule has 1 aromatic heterocycles. The van der Waals surface area contributed by atoms with E-state index in [0.29, 0.717) is 11.4 Å². The third-order valence-corrected chi connectivity index (χ3v) is 2.76. The van der Waals surface area contributed by atoms with Crippen LogP contribution >= 0.6 is 0 Å². The molecule has 0 saturated carbocycles. The maximum atomic E-state index is 10.8. The molecular weight excluding hydrogens is 236 g/mol. The summed E-state index contributed by atoms with van der Waals surface area (Å²) in [7, 11) is 0. The second-order valence-electron chi connectivity index (χ2n) is 4.00. The Hall–Kier alpha value is -2.50. The molecule has 3 rings (SSSR count). The lowest BCUT2D eigenvalue weighted by Crippen LogP contribution is -1.95. The normalized spacial score (nSPS) is 12.7. The van der Waals surface area contributed by atoms with E-state index in [1.54, 1.807) is 6.07 Å². The Morgan fingerprint density at radius 1 is 1.39 bits per heavy atom. The van der Waals surface area contributed by atoms with Crippen molar-refractivity contribution in [3.05, 3.63) is 29.5 Å². The molecule has 92 valence electrons. The highest BCUT2D eigenvalue weighted by Gasteiger charge is 2.19. The van der Waals surface area contributed by atoms with E-state index in [-0.39, 0.29) is 12.5 Å². The number of carboxylic acids is 1. The van der Waals surface area contributed by atoms with Crippen molar-refractivity contribution >= 4 is 5.97 Å². The van der Waals surface area contributed by atoms with Gasteiger partial charge < -0.3 is 14.6 Å². The van der Waals surface area contributed by atoms with E-state index >= 15 is 0 Å². The van der Waals surface area contributed by atoms with Crippen molar-refractivity contribution in [2.45, 2.75) is 6.92 Å². The topological polar surface area (TPSA) is 84.4 Å². The van der Waals surface area contributed by atoms with Gasteiger partial charge in [0.1, 0.15) is 5.69 Å². The van der Waals surface area contributed by atoms with Crippen LogP contribution in [0.5, 0.6) is 11.5 Å². The number of aryl methyl sites for hydroxylation is 1. The van der Waals surface area contributed by atoms with E-state index in [2.05, 4.69) is 10.2 Å². The molecule has 0 spiro atoms. The summed E-state index contributed by atoms with van der Waals surface area (Å²) < 4.78 is 10.6. The molecule has 2 aromatic rings. The van der Waals surface area contributed by atoms with Crippen LogP contribution in [0.15, 0.2) is 18.2 Å². The summed E-state index contributed by atoms with van der Waals surface area (Å²) in [5, 5.41) is 15.3. The van der Waals surface area contributed by atoms with Crippen LogP contribution in [0.3, 0.4) is 0 Å². The van der Waals surface area contributed by atoms with E-state index in [0.717, 1.165) is 16.9 Å². The highest BCUT2D eigenvalue weighted by Crippen LogP contribution is 2.38. The minimum absolute atomic E-state index is 0.0559. The largest absolute Gasteiger partial charge is 0.477 e. The molecule has 1 aromatic carbocycles. The van der Waals surface area contributed by atoms with Gasteiger partial charge in [0.25, 0.3) is 0 Å². The Labute approximate surface area is 102 Å². The maximum absolute atomic E-state index is 10.8. The predicted octanol–water partition coefficient (Wildman–Crippen LogP) is 1.81. The van der Waals surface area contributed by atoms with Gasteiger partial charge in [0.2, 0.25) is 6.79 Å². The van der Waals surface area contributed by atoms with E-state index in [1.165, 1.54) is 6.07 Å². The third-order valence-electron chi connectivity index (χ3n) is 2.76. The van der Waals surface area contributed by atoms with Crippen molar-refractivity contribution in [3.8, 4) is 22.8 Å². The molecule has 0 radical (unpaired) electrons. The highest BCUT2D eigenvalue weighted by atomic mass is 16.7. The molecule has 2 heterocycles. The van der Waals surface area contributed by atoms with E-state index in [4.69, 9.17) is 14.6 Å². The van der Waals surface area contributed by atoms with Gasteiger partial charge in [-0.3, -0.25) is 5.10 Å². The summed E-state index contributed by atoms with van der Waals surface area (Å²) in [6, 6.07) is 5.16. The van der Waals surface area contributed by atoms with Gasteiger partial charge >= 0.3 is 5.97 Å². The van der Waals surface area contributed by atoms with Gasteiger partial charge in [-0.2, -0.15) is 5.10 Å². The molecule has 0 unspecified atom stereocenters. The zero-order valence-corrected chi connectivity index (χ0v) is 9.56. The molecule has 0 amide bonds. The van der Waals surface area contributed by atoms with Gasteiger partial charge in [-0.15, -0.1) is 0 Å².